The number of ether oxygens (including phenoxy) is 2. The number of urea groups is 1. The van der Waals surface area contributed by atoms with E-state index in [2.05, 4.69) is 20.6 Å². The largest absolute Gasteiger partial charge is 0.475 e. The van der Waals surface area contributed by atoms with E-state index in [9.17, 15) is 4.79 Å². The van der Waals surface area contributed by atoms with Crippen LogP contribution in [0.5, 0.6) is 5.88 Å². The van der Waals surface area contributed by atoms with Crippen LogP contribution < -0.4 is 15.4 Å². The molecule has 0 bridgehead atoms. The van der Waals surface area contributed by atoms with Gasteiger partial charge >= 0.3 is 6.03 Å². The first-order chi connectivity index (χ1) is 10.7. The SMILES string of the molecule is COCCOc1ccc(NC(=O)NCc2ncoc2C)cn1. The topological polar surface area (TPSA) is 98.5 Å². The second kappa shape index (κ2) is 7.99. The third-order valence-corrected chi connectivity index (χ3v) is 2.79. The molecule has 0 saturated heterocycles. The summed E-state index contributed by atoms with van der Waals surface area (Å²) in [4.78, 5) is 19.8. The number of carbonyl (C=O) groups is 1. The van der Waals surface area contributed by atoms with E-state index < -0.39 is 0 Å². The predicted octanol–water partition coefficient (Wildman–Crippen LogP) is 1.72. The smallest absolute Gasteiger partial charge is 0.319 e. The number of carbonyl (C=O) groups excluding carboxylic acids is 1. The number of anilines is 1. The molecule has 0 aliphatic carbocycles. The van der Waals surface area contributed by atoms with Gasteiger partial charge in [-0.1, -0.05) is 0 Å². The number of nitrogens with one attached hydrogen (secondary N) is 2. The molecule has 8 nitrogen and oxygen atoms in total. The molecule has 0 radical (unpaired) electrons. The summed E-state index contributed by atoms with van der Waals surface area (Å²) in [5.41, 5.74) is 1.25. The van der Waals surface area contributed by atoms with E-state index in [-0.39, 0.29) is 6.03 Å². The van der Waals surface area contributed by atoms with Gasteiger partial charge in [-0.3, -0.25) is 0 Å². The number of pyridine rings is 1. The van der Waals surface area contributed by atoms with Crippen molar-refractivity contribution in [3.05, 3.63) is 36.2 Å². The number of oxazole rings is 1. The lowest BCUT2D eigenvalue weighted by molar-refractivity contribution is 0.144. The van der Waals surface area contributed by atoms with Crippen LogP contribution in [0.3, 0.4) is 0 Å². The Morgan fingerprint density at radius 1 is 1.32 bits per heavy atom. The molecule has 2 aromatic heterocycles. The van der Waals surface area contributed by atoms with Crippen molar-refractivity contribution in [3.8, 4) is 5.88 Å². The summed E-state index contributed by atoms with van der Waals surface area (Å²) in [5.74, 6) is 1.15. The van der Waals surface area contributed by atoms with Gasteiger partial charge in [0.05, 0.1) is 25.0 Å². The summed E-state index contributed by atoms with van der Waals surface area (Å²) in [6.07, 6.45) is 2.86. The van der Waals surface area contributed by atoms with Crippen LogP contribution in [0.25, 0.3) is 0 Å². The highest BCUT2D eigenvalue weighted by molar-refractivity contribution is 5.88. The van der Waals surface area contributed by atoms with Gasteiger partial charge < -0.3 is 24.5 Å². The van der Waals surface area contributed by atoms with Gasteiger partial charge in [0.25, 0.3) is 0 Å². The average Bonchev–Trinajstić information content (AvgIpc) is 2.92. The quantitative estimate of drug-likeness (QED) is 0.756. The fourth-order valence-corrected chi connectivity index (χ4v) is 1.61. The normalized spacial score (nSPS) is 10.3. The number of hydrogen-bond donors (Lipinski definition) is 2. The van der Waals surface area contributed by atoms with Gasteiger partial charge in [0, 0.05) is 13.2 Å². The zero-order valence-electron chi connectivity index (χ0n) is 12.5. The molecular weight excluding hydrogens is 288 g/mol. The van der Waals surface area contributed by atoms with Crippen LogP contribution in [0.1, 0.15) is 11.5 Å². The molecule has 2 rings (SSSR count). The van der Waals surface area contributed by atoms with Crippen molar-refractivity contribution < 1.29 is 18.7 Å². The number of aromatic nitrogens is 2. The van der Waals surface area contributed by atoms with E-state index >= 15 is 0 Å². The lowest BCUT2D eigenvalue weighted by Crippen LogP contribution is -2.28. The summed E-state index contributed by atoms with van der Waals surface area (Å²) < 4.78 is 15.3. The first kappa shape index (κ1) is 15.8. The van der Waals surface area contributed by atoms with E-state index in [4.69, 9.17) is 13.9 Å². The third-order valence-electron chi connectivity index (χ3n) is 2.79. The van der Waals surface area contributed by atoms with Crippen LogP contribution in [0.15, 0.2) is 29.1 Å². The Labute approximate surface area is 127 Å². The van der Waals surface area contributed by atoms with Crippen molar-refractivity contribution in [3.63, 3.8) is 0 Å². The number of amides is 2. The molecule has 0 unspecified atom stereocenters. The second-order valence-electron chi connectivity index (χ2n) is 4.39. The number of methoxy groups -OCH3 is 1. The maximum Gasteiger partial charge on any atom is 0.319 e. The maximum absolute atomic E-state index is 11.8. The van der Waals surface area contributed by atoms with Gasteiger partial charge in [0.2, 0.25) is 5.88 Å². The molecule has 0 aromatic carbocycles. The monoisotopic (exact) mass is 306 g/mol. The van der Waals surface area contributed by atoms with Crippen molar-refractivity contribution in [2.75, 3.05) is 25.6 Å². The Hall–Kier alpha value is -2.61. The maximum atomic E-state index is 11.8. The molecular formula is C14H18N4O4. The zero-order valence-corrected chi connectivity index (χ0v) is 12.5. The molecule has 0 aliphatic rings. The molecule has 0 atom stereocenters. The van der Waals surface area contributed by atoms with Crippen LogP contribution >= 0.6 is 0 Å². The van der Waals surface area contributed by atoms with Gasteiger partial charge in [0.1, 0.15) is 18.1 Å². The van der Waals surface area contributed by atoms with Crippen LogP contribution in [0.4, 0.5) is 10.5 Å². The first-order valence-corrected chi connectivity index (χ1v) is 6.70. The minimum absolute atomic E-state index is 0.291. The van der Waals surface area contributed by atoms with Crippen LogP contribution in [0.2, 0.25) is 0 Å². The molecule has 0 saturated carbocycles. The highest BCUT2D eigenvalue weighted by atomic mass is 16.5. The molecule has 2 amide bonds. The highest BCUT2D eigenvalue weighted by Crippen LogP contribution is 2.11. The lowest BCUT2D eigenvalue weighted by atomic mass is 10.3. The summed E-state index contributed by atoms with van der Waals surface area (Å²) in [7, 11) is 1.60. The fourth-order valence-electron chi connectivity index (χ4n) is 1.61. The van der Waals surface area contributed by atoms with E-state index in [0.717, 1.165) is 0 Å². The number of aryl methyl sites for hydroxylation is 1. The minimum Gasteiger partial charge on any atom is -0.475 e. The molecule has 8 heteroatoms. The van der Waals surface area contributed by atoms with Gasteiger partial charge in [0.15, 0.2) is 6.39 Å². The Bertz CT molecular complexity index is 597. The van der Waals surface area contributed by atoms with E-state index in [0.29, 0.717) is 42.8 Å². The summed E-state index contributed by atoms with van der Waals surface area (Å²) in [6, 6.07) is 3.03. The van der Waals surface area contributed by atoms with Crippen LogP contribution in [-0.2, 0) is 11.3 Å². The van der Waals surface area contributed by atoms with Crippen molar-refractivity contribution in [1.29, 1.82) is 0 Å². The zero-order chi connectivity index (χ0) is 15.8. The summed E-state index contributed by atoms with van der Waals surface area (Å²) in [6.45, 7) is 2.99. The van der Waals surface area contributed by atoms with Gasteiger partial charge in [-0.25, -0.2) is 14.8 Å². The summed E-state index contributed by atoms with van der Waals surface area (Å²) >= 11 is 0. The standard InChI is InChI=1S/C14H18N4O4/c1-10-12(17-9-22-10)8-16-14(19)18-11-3-4-13(15-7-11)21-6-5-20-2/h3-4,7,9H,5-6,8H2,1-2H3,(H2,16,18,19). The Kier molecular flexibility index (Phi) is 5.73. The van der Waals surface area contributed by atoms with Crippen molar-refractivity contribution in [2.45, 2.75) is 13.5 Å². The van der Waals surface area contributed by atoms with Gasteiger partial charge in [-0.2, -0.15) is 0 Å². The molecule has 2 heterocycles. The highest BCUT2D eigenvalue weighted by Gasteiger charge is 2.06. The molecule has 2 aromatic rings. The van der Waals surface area contributed by atoms with E-state index in [1.165, 1.54) is 12.6 Å². The first-order valence-electron chi connectivity index (χ1n) is 6.70. The number of hydrogen-bond acceptors (Lipinski definition) is 6. The second-order valence-corrected chi connectivity index (χ2v) is 4.39. The van der Waals surface area contributed by atoms with Crippen LogP contribution in [-0.4, -0.2) is 36.3 Å². The van der Waals surface area contributed by atoms with Crippen LogP contribution in [0, 0.1) is 6.92 Å². The predicted molar refractivity (Wildman–Crippen MR) is 78.7 cm³/mol. The Morgan fingerprint density at radius 3 is 2.82 bits per heavy atom. The van der Waals surface area contributed by atoms with Crippen molar-refractivity contribution in [1.82, 2.24) is 15.3 Å². The average molecular weight is 306 g/mol. The van der Waals surface area contributed by atoms with Gasteiger partial charge in [-0.05, 0) is 13.0 Å². The lowest BCUT2D eigenvalue weighted by Gasteiger charge is -2.08. The Morgan fingerprint density at radius 2 is 2.18 bits per heavy atom. The molecule has 0 fully saturated rings. The van der Waals surface area contributed by atoms with Crippen molar-refractivity contribution in [2.24, 2.45) is 0 Å². The number of nitrogens with zero attached hydrogens (tertiary/aromatic N) is 2. The minimum atomic E-state index is -0.350. The van der Waals surface area contributed by atoms with E-state index in [1.54, 1.807) is 26.2 Å². The van der Waals surface area contributed by atoms with E-state index in [1.807, 2.05) is 0 Å². The number of rotatable bonds is 7. The Balaban J connectivity index is 1.77. The fraction of sp³-hybridized carbons (Fsp3) is 0.357. The third kappa shape index (κ3) is 4.74. The molecule has 0 aliphatic heterocycles. The molecule has 22 heavy (non-hydrogen) atoms. The molecule has 118 valence electrons. The molecule has 0 spiro atoms. The van der Waals surface area contributed by atoms with Gasteiger partial charge in [-0.15, -0.1) is 0 Å². The summed E-state index contributed by atoms with van der Waals surface area (Å²) in [5, 5.41) is 5.35. The van der Waals surface area contributed by atoms with Crippen molar-refractivity contribution >= 4 is 11.7 Å². The molecule has 2 N–H and O–H groups in total.